The summed E-state index contributed by atoms with van der Waals surface area (Å²) >= 11 is 0. The Kier molecular flexibility index (Phi) is 3.12. The van der Waals surface area contributed by atoms with Crippen LogP contribution in [0.2, 0.25) is 0 Å². The Morgan fingerprint density at radius 1 is 1.04 bits per heavy atom. The van der Waals surface area contributed by atoms with Crippen LogP contribution in [0.25, 0.3) is 0 Å². The molecule has 3 fully saturated rings. The molecule has 0 saturated heterocycles. The minimum absolute atomic E-state index is 0.0924. The molecule has 0 bridgehead atoms. The van der Waals surface area contributed by atoms with E-state index in [-0.39, 0.29) is 16.6 Å². The smallest absolute Gasteiger partial charge is 0.156 e. The van der Waals surface area contributed by atoms with Crippen molar-refractivity contribution in [2.24, 2.45) is 34.5 Å². The molecular weight excluding hydrogens is 284 g/mol. The lowest BCUT2D eigenvalue weighted by Crippen LogP contribution is -2.53. The molecule has 4 aliphatic rings. The van der Waals surface area contributed by atoms with Gasteiger partial charge in [-0.2, -0.15) is 0 Å². The third-order valence-corrected chi connectivity index (χ3v) is 8.14. The highest BCUT2D eigenvalue weighted by molar-refractivity contribution is 5.92. The first-order chi connectivity index (χ1) is 10.8. The van der Waals surface area contributed by atoms with Crippen molar-refractivity contribution in [3.05, 3.63) is 23.8 Å². The molecule has 0 spiro atoms. The van der Waals surface area contributed by atoms with Gasteiger partial charge < -0.3 is 0 Å². The third-order valence-electron chi connectivity index (χ3n) is 8.14. The second kappa shape index (κ2) is 4.68. The Bertz CT molecular complexity index is 642. The van der Waals surface area contributed by atoms with Gasteiger partial charge in [-0.1, -0.05) is 27.4 Å². The molecule has 0 aromatic heterocycles. The fourth-order valence-electron chi connectivity index (χ4n) is 6.65. The number of rotatable bonds is 0. The molecule has 23 heavy (non-hydrogen) atoms. The van der Waals surface area contributed by atoms with Crippen LogP contribution in [-0.4, -0.2) is 11.6 Å². The average molecular weight is 312 g/mol. The molecule has 3 saturated carbocycles. The number of ketones is 2. The average Bonchev–Trinajstić information content (AvgIpc) is 2.82. The third kappa shape index (κ3) is 1.81. The Hall–Kier alpha value is -1.18. The van der Waals surface area contributed by atoms with Gasteiger partial charge in [0.25, 0.3) is 0 Å². The molecule has 0 radical (unpaired) electrons. The molecule has 4 aliphatic carbocycles. The normalized spacial score (nSPS) is 49.3. The highest BCUT2D eigenvalue weighted by atomic mass is 16.1. The van der Waals surface area contributed by atoms with Crippen molar-refractivity contribution >= 4 is 11.6 Å². The summed E-state index contributed by atoms with van der Waals surface area (Å²) in [5.74, 6) is 2.82. The van der Waals surface area contributed by atoms with E-state index in [9.17, 15) is 9.59 Å². The number of hydrogen-bond donors (Lipinski definition) is 0. The predicted octanol–water partition coefficient (Wildman–Crippen LogP) is 4.50. The van der Waals surface area contributed by atoms with Gasteiger partial charge in [0.15, 0.2) is 5.78 Å². The standard InChI is InChI=1S/C21H28O2/c1-12-13(2)19-15-5-6-18(23)21(15,4)10-8-16(19)20(3)9-7-14(22)11-17(12)20/h11,13,15-16,19H,1,5-10H2,2-4H3/t13-,15+,16+,19+,20-,21+/m1/s1. The van der Waals surface area contributed by atoms with E-state index < -0.39 is 0 Å². The van der Waals surface area contributed by atoms with Gasteiger partial charge in [0, 0.05) is 18.3 Å². The van der Waals surface area contributed by atoms with Gasteiger partial charge in [0.2, 0.25) is 0 Å². The van der Waals surface area contributed by atoms with Crippen LogP contribution in [0, 0.1) is 34.5 Å². The number of carbonyl (C=O) groups excluding carboxylic acids is 2. The maximum absolute atomic E-state index is 12.5. The summed E-state index contributed by atoms with van der Waals surface area (Å²) in [6, 6.07) is 0. The van der Waals surface area contributed by atoms with Gasteiger partial charge in [-0.15, -0.1) is 0 Å². The first-order valence-corrected chi connectivity index (χ1v) is 9.26. The van der Waals surface area contributed by atoms with Gasteiger partial charge in [-0.25, -0.2) is 0 Å². The van der Waals surface area contributed by atoms with Crippen LogP contribution in [0.15, 0.2) is 23.8 Å². The van der Waals surface area contributed by atoms with Crippen LogP contribution in [0.4, 0.5) is 0 Å². The molecule has 4 rings (SSSR count). The Morgan fingerprint density at radius 2 is 1.74 bits per heavy atom. The number of Topliss-reactive ketones (excluding diaryl/α,β-unsaturated/α-hetero) is 1. The van der Waals surface area contributed by atoms with Crippen LogP contribution < -0.4 is 0 Å². The summed E-state index contributed by atoms with van der Waals surface area (Å²) in [5, 5.41) is 0. The second-order valence-corrected chi connectivity index (χ2v) is 8.96. The summed E-state index contributed by atoms with van der Waals surface area (Å²) in [5.41, 5.74) is 2.40. The van der Waals surface area contributed by atoms with Gasteiger partial charge in [0.05, 0.1) is 0 Å². The number of allylic oxidation sites excluding steroid dienone is 2. The molecule has 0 unspecified atom stereocenters. The van der Waals surface area contributed by atoms with Crippen LogP contribution in [0.5, 0.6) is 0 Å². The number of hydrogen-bond acceptors (Lipinski definition) is 2. The Morgan fingerprint density at radius 3 is 2.48 bits per heavy atom. The van der Waals surface area contributed by atoms with E-state index >= 15 is 0 Å². The highest BCUT2D eigenvalue weighted by Gasteiger charge is 2.61. The lowest BCUT2D eigenvalue weighted by molar-refractivity contribution is -0.133. The molecule has 0 aliphatic heterocycles. The number of carbonyl (C=O) groups is 2. The molecule has 2 heteroatoms. The van der Waals surface area contributed by atoms with Crippen LogP contribution in [-0.2, 0) is 9.59 Å². The van der Waals surface area contributed by atoms with Crippen molar-refractivity contribution in [2.75, 3.05) is 0 Å². The van der Waals surface area contributed by atoms with Crippen LogP contribution >= 0.6 is 0 Å². The van der Waals surface area contributed by atoms with Gasteiger partial charge in [-0.05, 0) is 72.0 Å². The zero-order valence-corrected chi connectivity index (χ0v) is 14.7. The van der Waals surface area contributed by atoms with E-state index in [2.05, 4.69) is 27.4 Å². The Labute approximate surface area is 139 Å². The molecule has 2 nitrogen and oxygen atoms in total. The van der Waals surface area contributed by atoms with Crippen molar-refractivity contribution in [3.63, 3.8) is 0 Å². The van der Waals surface area contributed by atoms with Crippen LogP contribution in [0.1, 0.15) is 59.3 Å². The maximum atomic E-state index is 12.5. The van der Waals surface area contributed by atoms with E-state index in [0.29, 0.717) is 35.9 Å². The van der Waals surface area contributed by atoms with E-state index in [1.807, 2.05) is 6.08 Å². The van der Waals surface area contributed by atoms with E-state index in [4.69, 9.17) is 0 Å². The van der Waals surface area contributed by atoms with E-state index in [1.54, 1.807) is 0 Å². The lowest BCUT2D eigenvalue weighted by Gasteiger charge is -2.59. The summed E-state index contributed by atoms with van der Waals surface area (Å²) in [6.07, 6.45) is 7.51. The molecular formula is C21H28O2. The first-order valence-electron chi connectivity index (χ1n) is 9.26. The quantitative estimate of drug-likeness (QED) is 0.660. The van der Waals surface area contributed by atoms with Gasteiger partial charge in [-0.3, -0.25) is 9.59 Å². The number of fused-ring (bicyclic) bond motifs is 5. The summed E-state index contributed by atoms with van der Waals surface area (Å²) in [6.45, 7) is 11.3. The van der Waals surface area contributed by atoms with E-state index in [1.165, 1.54) is 11.1 Å². The molecule has 0 aromatic carbocycles. The lowest BCUT2D eigenvalue weighted by atomic mass is 9.44. The topological polar surface area (TPSA) is 34.1 Å². The monoisotopic (exact) mass is 312 g/mol. The fraction of sp³-hybridized carbons (Fsp3) is 0.714. The largest absolute Gasteiger partial charge is 0.299 e. The SMILES string of the molecule is C=C1C2=CC(=O)CC[C@]2(C)[C@H]2CC[C@]3(C)C(=O)CC[C@H]3[C@@H]2[C@@H]1C. The summed E-state index contributed by atoms with van der Waals surface area (Å²) in [4.78, 5) is 24.5. The maximum Gasteiger partial charge on any atom is 0.156 e. The van der Waals surface area contributed by atoms with Gasteiger partial charge in [0.1, 0.15) is 5.78 Å². The fourth-order valence-corrected chi connectivity index (χ4v) is 6.65. The molecule has 0 N–H and O–H groups in total. The zero-order chi connectivity index (χ0) is 16.6. The van der Waals surface area contributed by atoms with Crippen molar-refractivity contribution in [2.45, 2.75) is 59.3 Å². The molecule has 0 heterocycles. The molecule has 124 valence electrons. The second-order valence-electron chi connectivity index (χ2n) is 8.96. The van der Waals surface area contributed by atoms with E-state index in [0.717, 1.165) is 32.1 Å². The van der Waals surface area contributed by atoms with Crippen molar-refractivity contribution in [1.29, 1.82) is 0 Å². The molecule has 0 amide bonds. The minimum atomic E-state index is -0.0994. The minimum Gasteiger partial charge on any atom is -0.299 e. The highest BCUT2D eigenvalue weighted by Crippen LogP contribution is 2.66. The molecule has 0 aromatic rings. The van der Waals surface area contributed by atoms with Crippen molar-refractivity contribution < 1.29 is 9.59 Å². The van der Waals surface area contributed by atoms with Gasteiger partial charge >= 0.3 is 0 Å². The summed E-state index contributed by atoms with van der Waals surface area (Å²) in [7, 11) is 0. The predicted molar refractivity (Wildman–Crippen MR) is 90.8 cm³/mol. The van der Waals surface area contributed by atoms with Crippen molar-refractivity contribution in [3.8, 4) is 0 Å². The zero-order valence-electron chi connectivity index (χ0n) is 14.7. The van der Waals surface area contributed by atoms with Crippen LogP contribution in [0.3, 0.4) is 0 Å². The van der Waals surface area contributed by atoms with Crippen molar-refractivity contribution in [1.82, 2.24) is 0 Å². The Balaban J connectivity index is 1.81. The first kappa shape index (κ1) is 15.4. The molecule has 6 atom stereocenters. The summed E-state index contributed by atoms with van der Waals surface area (Å²) < 4.78 is 0.